The summed E-state index contributed by atoms with van der Waals surface area (Å²) in [6, 6.07) is 17.0. The molecule has 23 heteroatoms. The molecule has 0 atom stereocenters. The lowest BCUT2D eigenvalue weighted by Gasteiger charge is -2.45. The number of rotatable bonds is 13. The lowest BCUT2D eigenvalue weighted by molar-refractivity contribution is -0.157. The number of esters is 1. The van der Waals surface area contributed by atoms with Crippen molar-refractivity contribution >= 4 is 108 Å². The first kappa shape index (κ1) is 64.0. The highest BCUT2D eigenvalue weighted by molar-refractivity contribution is 9.10. The predicted octanol–water partition coefficient (Wildman–Crippen LogP) is 9.43. The molecule has 2 aromatic carbocycles. The lowest BCUT2D eigenvalue weighted by Crippen LogP contribution is -2.56. The number of carbonyl (C=O) groups is 5. The fourth-order valence-electron chi connectivity index (χ4n) is 9.45. The van der Waals surface area contributed by atoms with E-state index in [1.54, 1.807) is 64.5 Å². The molecule has 6 aromatic rings. The topological polar surface area (TPSA) is 236 Å². The number of aliphatic hydroxyl groups is 1. The molecule has 2 fully saturated rings. The Morgan fingerprint density at radius 1 is 0.699 bits per heavy atom. The van der Waals surface area contributed by atoms with Gasteiger partial charge in [0.15, 0.2) is 5.75 Å². The van der Waals surface area contributed by atoms with Crippen molar-refractivity contribution in [3.8, 4) is 5.75 Å². The first-order valence-corrected chi connectivity index (χ1v) is 28.9. The van der Waals surface area contributed by atoms with Gasteiger partial charge in [0.2, 0.25) is 11.8 Å². The van der Waals surface area contributed by atoms with Crippen molar-refractivity contribution in [3.05, 3.63) is 136 Å². The van der Waals surface area contributed by atoms with Gasteiger partial charge in [-0.25, -0.2) is 9.97 Å². The normalized spacial score (nSPS) is 15.6. The van der Waals surface area contributed by atoms with Gasteiger partial charge in [0.05, 0.1) is 38.7 Å². The molecule has 444 valence electrons. The maximum Gasteiger partial charge on any atom is 0.306 e. The Hall–Kier alpha value is -6.58. The largest absolute Gasteiger partial charge is 0.488 e. The molecule has 83 heavy (non-hydrogen) atoms. The number of amides is 4. The van der Waals surface area contributed by atoms with Gasteiger partial charge in [-0.2, -0.15) is 0 Å². The number of hydrogen-bond donors (Lipinski definition) is 4. The van der Waals surface area contributed by atoms with E-state index in [-0.39, 0.29) is 95.5 Å². The van der Waals surface area contributed by atoms with E-state index in [0.717, 1.165) is 11.1 Å². The average molecular weight is 1260 g/mol. The third-order valence-electron chi connectivity index (χ3n) is 13.6. The van der Waals surface area contributed by atoms with Gasteiger partial charge in [-0.1, -0.05) is 101 Å². The zero-order valence-electron chi connectivity index (χ0n) is 48.5. The molecule has 19 nitrogen and oxygen atoms in total. The van der Waals surface area contributed by atoms with E-state index in [2.05, 4.69) is 69.5 Å². The molecule has 9 rings (SSSR count). The summed E-state index contributed by atoms with van der Waals surface area (Å²) < 4.78 is 14.2. The van der Waals surface area contributed by atoms with Crippen LogP contribution in [0.2, 0.25) is 15.1 Å². The molecular weight excluding hydrogens is 1190 g/mol. The summed E-state index contributed by atoms with van der Waals surface area (Å²) in [6.45, 7) is 24.3. The molecule has 0 bridgehead atoms. The van der Waals surface area contributed by atoms with Crippen molar-refractivity contribution in [2.24, 2.45) is 16.2 Å². The molecule has 4 aromatic heterocycles. The maximum absolute atomic E-state index is 13.6. The molecule has 0 saturated carbocycles. The lowest BCUT2D eigenvalue weighted by atomic mass is 9.84. The smallest absolute Gasteiger partial charge is 0.306 e. The van der Waals surface area contributed by atoms with E-state index in [1.165, 1.54) is 27.5 Å². The number of fused-ring (bicyclic) bond motifs is 4. The standard InChI is InChI=1S/C27H30ClN5O4.C23H21BrCl2N4O3.C10H20O3/c1-26(2)13-32(14-26)21(34)12-33-23-18(22-20(11-29-23)31-27(3,4)15-37-22)9-19(25(33)36)24(35)30-10-16-5-7-17(28)8-6-16;1-23(2)11-29(12-23)18(31)10-30-20-15(19(26)17(24)9-27-20)7-16(22(30)33)21(32)28-8-13-3-5-14(25)6-4-13;1-9(2,3)13-8(12)6-10(4,5)7-11/h5-9,11,31H,10,12-15H2,1-4H3,(H,30,35);3-7,9H,8,10-12H2,1-2H3,(H,28,32);11H,6-7H2,1-5H3. The number of pyridine rings is 4. The molecule has 0 spiro atoms. The van der Waals surface area contributed by atoms with Crippen LogP contribution in [0.3, 0.4) is 0 Å². The molecule has 7 heterocycles. The van der Waals surface area contributed by atoms with Gasteiger partial charge in [0, 0.05) is 67.5 Å². The minimum atomic E-state index is -0.602. The highest BCUT2D eigenvalue weighted by Crippen LogP contribution is 2.38. The second-order valence-corrected chi connectivity index (χ2v) is 27.2. The van der Waals surface area contributed by atoms with Crippen molar-refractivity contribution in [3.63, 3.8) is 0 Å². The van der Waals surface area contributed by atoms with Crippen LogP contribution in [0.15, 0.2) is 87.1 Å². The number of aliphatic hydroxyl groups excluding tert-OH is 1. The summed E-state index contributed by atoms with van der Waals surface area (Å²) in [6.07, 6.45) is 3.32. The number of anilines is 1. The number of aromatic nitrogens is 4. The first-order valence-electron chi connectivity index (χ1n) is 26.9. The number of ether oxygens (including phenoxy) is 2. The number of carbonyl (C=O) groups excluding carboxylic acids is 5. The number of nitrogens with one attached hydrogen (secondary N) is 3. The summed E-state index contributed by atoms with van der Waals surface area (Å²) in [5, 5.41) is 20.2. The molecule has 0 unspecified atom stereocenters. The van der Waals surface area contributed by atoms with Crippen LogP contribution in [0.4, 0.5) is 5.69 Å². The summed E-state index contributed by atoms with van der Waals surface area (Å²) >= 11 is 21.6. The molecule has 3 aliphatic rings. The monoisotopic (exact) mass is 1260 g/mol. The van der Waals surface area contributed by atoms with Crippen LogP contribution >= 0.6 is 50.7 Å². The van der Waals surface area contributed by atoms with Crippen LogP contribution in [0.25, 0.3) is 22.1 Å². The molecular formula is C60H71BrCl3N9O10. The third kappa shape index (κ3) is 16.4. The van der Waals surface area contributed by atoms with Gasteiger partial charge in [-0.15, -0.1) is 0 Å². The summed E-state index contributed by atoms with van der Waals surface area (Å²) in [7, 11) is 0. The zero-order chi connectivity index (χ0) is 61.1. The molecule has 3 aliphatic heterocycles. The van der Waals surface area contributed by atoms with Crippen LogP contribution in [0.1, 0.15) is 114 Å². The SMILES string of the molecule is CC(C)(CO)CC(=O)OC(C)(C)C.CC1(C)CN(C(=O)Cn2c(=O)c(C(=O)NCc3ccc(Cl)cc3)cc3c(Cl)c(Br)cnc32)C1.CC1(C)CN(C(=O)Cn2c(=O)c(C(=O)NCc3ccc(Cl)cc3)cc3c4c(cnc32)NC(C)(C)CO4)C1. The first-order chi connectivity index (χ1) is 38.6. The van der Waals surface area contributed by atoms with Crippen molar-refractivity contribution in [1.29, 1.82) is 0 Å². The highest BCUT2D eigenvalue weighted by Gasteiger charge is 2.39. The Bertz CT molecular complexity index is 3580. The van der Waals surface area contributed by atoms with Crippen molar-refractivity contribution < 1.29 is 38.6 Å². The van der Waals surface area contributed by atoms with E-state index in [1.807, 2.05) is 48.5 Å². The second kappa shape index (κ2) is 25.3. The summed E-state index contributed by atoms with van der Waals surface area (Å²) in [4.78, 5) is 102. The highest BCUT2D eigenvalue weighted by atomic mass is 79.9. The van der Waals surface area contributed by atoms with Gasteiger partial charge >= 0.3 is 5.97 Å². The quantitative estimate of drug-likeness (QED) is 0.0790. The summed E-state index contributed by atoms with van der Waals surface area (Å²) in [5.74, 6) is -1.28. The van der Waals surface area contributed by atoms with Crippen LogP contribution < -0.4 is 31.8 Å². The number of halogens is 4. The van der Waals surface area contributed by atoms with Gasteiger partial charge in [0.25, 0.3) is 22.9 Å². The van der Waals surface area contributed by atoms with Crippen molar-refractivity contribution in [2.75, 3.05) is 44.7 Å². The van der Waals surface area contributed by atoms with E-state index in [9.17, 15) is 33.6 Å². The van der Waals surface area contributed by atoms with Gasteiger partial charge < -0.3 is 40.3 Å². The molecule has 4 N–H and O–H groups in total. The van der Waals surface area contributed by atoms with Gasteiger partial charge in [0.1, 0.15) is 47.7 Å². The van der Waals surface area contributed by atoms with Crippen molar-refractivity contribution in [1.82, 2.24) is 39.5 Å². The van der Waals surface area contributed by atoms with Gasteiger partial charge in [-0.3, -0.25) is 42.7 Å². The average Bonchev–Trinajstić information content (AvgIpc) is 3.59. The predicted molar refractivity (Wildman–Crippen MR) is 325 cm³/mol. The maximum atomic E-state index is 13.6. The second-order valence-electron chi connectivity index (χ2n) is 25.1. The fraction of sp³-hybridized carbons (Fsp3) is 0.450. The minimum Gasteiger partial charge on any atom is -0.488 e. The van der Waals surface area contributed by atoms with Crippen LogP contribution in [-0.2, 0) is 45.3 Å². The zero-order valence-corrected chi connectivity index (χ0v) is 52.4. The summed E-state index contributed by atoms with van der Waals surface area (Å²) in [5.41, 5.74) is 0.461. The Morgan fingerprint density at radius 3 is 1.57 bits per heavy atom. The van der Waals surface area contributed by atoms with E-state index in [4.69, 9.17) is 49.4 Å². The van der Waals surface area contributed by atoms with Crippen LogP contribution in [0, 0.1) is 16.2 Å². The molecule has 0 aliphatic carbocycles. The fourth-order valence-corrected chi connectivity index (χ4v) is 10.2. The van der Waals surface area contributed by atoms with E-state index >= 15 is 0 Å². The molecule has 0 radical (unpaired) electrons. The van der Waals surface area contributed by atoms with E-state index < -0.39 is 28.5 Å². The molecule has 2 saturated heterocycles. The minimum absolute atomic E-state index is 0.00770. The number of nitrogens with zero attached hydrogens (tertiary/aromatic N) is 6. The number of hydrogen-bond acceptors (Lipinski definition) is 13. The Morgan fingerprint density at radius 2 is 1.13 bits per heavy atom. The Labute approximate surface area is 505 Å². The Kier molecular flexibility index (Phi) is 19.5. The van der Waals surface area contributed by atoms with Crippen LogP contribution in [0.5, 0.6) is 5.75 Å². The van der Waals surface area contributed by atoms with Gasteiger partial charge in [-0.05, 0) is 114 Å². The molecule has 4 amide bonds. The van der Waals surface area contributed by atoms with Crippen molar-refractivity contribution in [2.45, 2.75) is 120 Å². The Balaban J connectivity index is 0.000000198. The number of likely N-dealkylation sites (tertiary alicyclic amines) is 2. The number of benzene rings is 2. The third-order valence-corrected chi connectivity index (χ3v) is 15.3. The van der Waals surface area contributed by atoms with Crippen LogP contribution in [-0.4, -0.2) is 114 Å². The van der Waals surface area contributed by atoms with E-state index in [0.29, 0.717) is 80.2 Å².